The van der Waals surface area contributed by atoms with Crippen molar-refractivity contribution >= 4 is 33.6 Å². The minimum atomic E-state index is 0.772. The third-order valence-corrected chi connectivity index (χ3v) is 5.47. The standard InChI is InChI=1S/C22H22N4O2/c1-15-23-20-16-7-3-5-9-18(16)28-21(20)22(24-15)26-13-11-25(12-14-26)17-8-4-6-10-19(17)27-2/h3-10H,11-14H2,1-2H3/p+1. The lowest BCUT2D eigenvalue weighted by molar-refractivity contribution is -0.833. The lowest BCUT2D eigenvalue weighted by Gasteiger charge is -2.33. The highest BCUT2D eigenvalue weighted by Gasteiger charge is 2.27. The van der Waals surface area contributed by atoms with E-state index in [9.17, 15) is 0 Å². The monoisotopic (exact) mass is 375 g/mol. The van der Waals surface area contributed by atoms with Gasteiger partial charge < -0.3 is 14.1 Å². The highest BCUT2D eigenvalue weighted by atomic mass is 16.5. The van der Waals surface area contributed by atoms with Crippen LogP contribution in [0.2, 0.25) is 0 Å². The number of nitrogens with one attached hydrogen (secondary N) is 1. The SMILES string of the molecule is COc1ccccc1[NH+]1CCN(c2nc(C)nc3c2oc2ccccc23)CC1. The number of piperazine rings is 1. The summed E-state index contributed by atoms with van der Waals surface area (Å²) in [7, 11) is 1.73. The van der Waals surface area contributed by atoms with E-state index in [0.717, 1.165) is 65.6 Å². The van der Waals surface area contributed by atoms with E-state index in [0.29, 0.717) is 0 Å². The van der Waals surface area contributed by atoms with Gasteiger partial charge in [-0.15, -0.1) is 0 Å². The van der Waals surface area contributed by atoms with Gasteiger partial charge in [-0.25, -0.2) is 9.97 Å². The fourth-order valence-corrected chi connectivity index (χ4v) is 4.09. The Morgan fingerprint density at radius 2 is 1.75 bits per heavy atom. The number of hydrogen-bond acceptors (Lipinski definition) is 5. The topological polar surface area (TPSA) is 55.8 Å². The molecule has 1 aliphatic heterocycles. The number of rotatable bonds is 3. The number of anilines is 1. The Kier molecular flexibility index (Phi) is 4.13. The minimum absolute atomic E-state index is 0.772. The summed E-state index contributed by atoms with van der Waals surface area (Å²) in [6.07, 6.45) is 0. The first-order chi connectivity index (χ1) is 13.7. The molecule has 0 saturated carbocycles. The molecular formula is C22H23N4O2+. The first kappa shape index (κ1) is 17.0. The van der Waals surface area contributed by atoms with Crippen LogP contribution in [0.3, 0.4) is 0 Å². The Morgan fingerprint density at radius 3 is 2.57 bits per heavy atom. The van der Waals surface area contributed by atoms with Crippen LogP contribution in [0.15, 0.2) is 52.9 Å². The zero-order valence-electron chi connectivity index (χ0n) is 16.1. The van der Waals surface area contributed by atoms with Crippen molar-refractivity contribution in [1.82, 2.24) is 9.97 Å². The van der Waals surface area contributed by atoms with Crippen LogP contribution in [0.5, 0.6) is 5.75 Å². The molecule has 2 aromatic carbocycles. The van der Waals surface area contributed by atoms with Gasteiger partial charge in [-0.2, -0.15) is 0 Å². The van der Waals surface area contributed by atoms with Crippen LogP contribution in [-0.2, 0) is 0 Å². The third-order valence-electron chi connectivity index (χ3n) is 5.47. The van der Waals surface area contributed by atoms with E-state index in [1.54, 1.807) is 7.11 Å². The van der Waals surface area contributed by atoms with Crippen molar-refractivity contribution in [1.29, 1.82) is 0 Å². The summed E-state index contributed by atoms with van der Waals surface area (Å²) in [5, 5.41) is 1.04. The van der Waals surface area contributed by atoms with Gasteiger partial charge in [-0.1, -0.05) is 24.3 Å². The molecular weight excluding hydrogens is 352 g/mol. The van der Waals surface area contributed by atoms with Crippen LogP contribution < -0.4 is 14.5 Å². The number of furan rings is 1. The fraction of sp³-hybridized carbons (Fsp3) is 0.273. The van der Waals surface area contributed by atoms with Gasteiger partial charge in [0.05, 0.1) is 33.3 Å². The number of fused-ring (bicyclic) bond motifs is 3. The zero-order valence-corrected chi connectivity index (χ0v) is 16.1. The summed E-state index contributed by atoms with van der Waals surface area (Å²) in [6.45, 7) is 5.70. The second kappa shape index (κ2) is 6.80. The maximum atomic E-state index is 6.15. The second-order valence-electron chi connectivity index (χ2n) is 7.16. The molecule has 3 heterocycles. The van der Waals surface area contributed by atoms with E-state index in [2.05, 4.69) is 28.1 Å². The Balaban J connectivity index is 1.47. The average molecular weight is 375 g/mol. The van der Waals surface area contributed by atoms with Crippen molar-refractivity contribution < 1.29 is 14.1 Å². The van der Waals surface area contributed by atoms with E-state index >= 15 is 0 Å². The van der Waals surface area contributed by atoms with Gasteiger partial charge in [0.25, 0.3) is 0 Å². The van der Waals surface area contributed by atoms with Gasteiger partial charge in [0.1, 0.15) is 16.9 Å². The lowest BCUT2D eigenvalue weighted by atomic mass is 10.2. The number of aryl methyl sites for hydroxylation is 1. The van der Waals surface area contributed by atoms with Crippen LogP contribution in [0, 0.1) is 6.92 Å². The maximum Gasteiger partial charge on any atom is 0.196 e. The summed E-state index contributed by atoms with van der Waals surface area (Å²) >= 11 is 0. The Hall–Kier alpha value is -3.12. The normalized spacial score (nSPS) is 15.4. The summed E-state index contributed by atoms with van der Waals surface area (Å²) in [5.74, 6) is 2.62. The minimum Gasteiger partial charge on any atom is -0.491 e. The number of benzene rings is 2. The van der Waals surface area contributed by atoms with E-state index in [1.807, 2.05) is 37.3 Å². The van der Waals surface area contributed by atoms with E-state index in [1.165, 1.54) is 10.6 Å². The van der Waals surface area contributed by atoms with Crippen molar-refractivity contribution in [2.75, 3.05) is 38.2 Å². The molecule has 0 unspecified atom stereocenters. The van der Waals surface area contributed by atoms with Crippen LogP contribution in [0.4, 0.5) is 11.5 Å². The molecule has 0 spiro atoms. The van der Waals surface area contributed by atoms with Crippen LogP contribution in [0.25, 0.3) is 22.1 Å². The number of aromatic nitrogens is 2. The molecule has 0 amide bonds. The fourth-order valence-electron chi connectivity index (χ4n) is 4.09. The third kappa shape index (κ3) is 2.77. The molecule has 1 saturated heterocycles. The van der Waals surface area contributed by atoms with Gasteiger partial charge in [-0.3, -0.25) is 4.90 Å². The number of ether oxygens (including phenoxy) is 1. The predicted octanol–water partition coefficient (Wildman–Crippen LogP) is 2.73. The van der Waals surface area contributed by atoms with E-state index < -0.39 is 0 Å². The summed E-state index contributed by atoms with van der Waals surface area (Å²) in [6, 6.07) is 16.3. The molecule has 142 valence electrons. The number of nitrogens with zero attached hydrogens (tertiary/aromatic N) is 3. The van der Waals surface area contributed by atoms with Gasteiger partial charge in [0.15, 0.2) is 22.8 Å². The van der Waals surface area contributed by atoms with Gasteiger partial charge in [0, 0.05) is 11.5 Å². The summed E-state index contributed by atoms with van der Waals surface area (Å²) < 4.78 is 11.7. The van der Waals surface area contributed by atoms with Crippen LogP contribution >= 0.6 is 0 Å². The van der Waals surface area contributed by atoms with E-state index in [-0.39, 0.29) is 0 Å². The maximum absolute atomic E-state index is 6.15. The molecule has 1 N–H and O–H groups in total. The van der Waals surface area contributed by atoms with Gasteiger partial charge in [0.2, 0.25) is 0 Å². The first-order valence-corrected chi connectivity index (χ1v) is 9.63. The van der Waals surface area contributed by atoms with Crippen molar-refractivity contribution in [3.63, 3.8) is 0 Å². The largest absolute Gasteiger partial charge is 0.491 e. The Bertz CT molecular complexity index is 1150. The Labute approximate surface area is 163 Å². The molecule has 28 heavy (non-hydrogen) atoms. The quantitative estimate of drug-likeness (QED) is 0.597. The van der Waals surface area contributed by atoms with Crippen molar-refractivity contribution in [2.24, 2.45) is 0 Å². The number of methoxy groups -OCH3 is 1. The molecule has 0 bridgehead atoms. The number of para-hydroxylation sites is 3. The molecule has 0 aliphatic carbocycles. The van der Waals surface area contributed by atoms with Crippen LogP contribution in [0.1, 0.15) is 5.82 Å². The summed E-state index contributed by atoms with van der Waals surface area (Å²) in [4.78, 5) is 13.1. The highest BCUT2D eigenvalue weighted by molar-refractivity contribution is 6.05. The summed E-state index contributed by atoms with van der Waals surface area (Å²) in [5.41, 5.74) is 3.76. The van der Waals surface area contributed by atoms with Crippen LogP contribution in [-0.4, -0.2) is 43.3 Å². The Morgan fingerprint density at radius 1 is 1.00 bits per heavy atom. The molecule has 2 aromatic heterocycles. The number of hydrogen-bond donors (Lipinski definition) is 1. The molecule has 0 atom stereocenters. The molecule has 0 radical (unpaired) electrons. The van der Waals surface area contributed by atoms with E-state index in [4.69, 9.17) is 14.1 Å². The molecule has 1 aliphatic rings. The number of quaternary nitrogens is 1. The molecule has 4 aromatic rings. The van der Waals surface area contributed by atoms with Crippen molar-refractivity contribution in [2.45, 2.75) is 6.92 Å². The second-order valence-corrected chi connectivity index (χ2v) is 7.16. The highest BCUT2D eigenvalue weighted by Crippen LogP contribution is 2.33. The lowest BCUT2D eigenvalue weighted by Crippen LogP contribution is -3.10. The molecule has 6 heteroatoms. The average Bonchev–Trinajstić information content (AvgIpc) is 3.12. The smallest absolute Gasteiger partial charge is 0.196 e. The molecule has 1 fully saturated rings. The first-order valence-electron chi connectivity index (χ1n) is 9.63. The van der Waals surface area contributed by atoms with Gasteiger partial charge >= 0.3 is 0 Å². The zero-order chi connectivity index (χ0) is 19.1. The molecule has 6 nitrogen and oxygen atoms in total. The predicted molar refractivity (Wildman–Crippen MR) is 110 cm³/mol. The van der Waals surface area contributed by atoms with Gasteiger partial charge in [-0.05, 0) is 25.1 Å². The van der Waals surface area contributed by atoms with Crippen molar-refractivity contribution in [3.8, 4) is 5.75 Å². The van der Waals surface area contributed by atoms with Crippen molar-refractivity contribution in [3.05, 3.63) is 54.4 Å². The molecule has 5 rings (SSSR count).